The third kappa shape index (κ3) is 2.22. The van der Waals surface area contributed by atoms with Gasteiger partial charge in [0.2, 0.25) is 0 Å². The second kappa shape index (κ2) is 5.36. The maximum atomic E-state index is 6.32. The van der Waals surface area contributed by atoms with Crippen molar-refractivity contribution in [3.63, 3.8) is 0 Å². The lowest BCUT2D eigenvalue weighted by atomic mass is 9.85. The first-order valence-corrected chi connectivity index (χ1v) is 7.52. The summed E-state index contributed by atoms with van der Waals surface area (Å²) in [5.41, 5.74) is 1.11. The van der Waals surface area contributed by atoms with Crippen LogP contribution in [0.5, 0.6) is 0 Å². The van der Waals surface area contributed by atoms with Gasteiger partial charge < -0.3 is 10.1 Å². The molecule has 0 spiro atoms. The van der Waals surface area contributed by atoms with Gasteiger partial charge in [0.15, 0.2) is 0 Å². The van der Waals surface area contributed by atoms with E-state index in [9.17, 15) is 0 Å². The minimum absolute atomic E-state index is 0.147. The number of hydrogen-bond acceptors (Lipinski definition) is 2. The molecule has 0 bridgehead atoms. The molecule has 1 N–H and O–H groups in total. The van der Waals surface area contributed by atoms with E-state index >= 15 is 0 Å². The van der Waals surface area contributed by atoms with E-state index in [0.717, 1.165) is 29.9 Å². The van der Waals surface area contributed by atoms with Crippen molar-refractivity contribution in [2.24, 2.45) is 0 Å². The molecule has 0 aliphatic carbocycles. The van der Waals surface area contributed by atoms with E-state index in [1.165, 1.54) is 10.9 Å². The van der Waals surface area contributed by atoms with E-state index in [2.05, 4.69) is 36.5 Å². The molecule has 0 radical (unpaired) electrons. The summed E-state index contributed by atoms with van der Waals surface area (Å²) < 4.78 is 6.03. The quantitative estimate of drug-likeness (QED) is 0.908. The summed E-state index contributed by atoms with van der Waals surface area (Å²) in [6.07, 6.45) is 2.20. The molecule has 2 unspecified atom stereocenters. The van der Waals surface area contributed by atoms with Gasteiger partial charge in [0.05, 0.1) is 11.6 Å². The number of hydrogen-bond donors (Lipinski definition) is 1. The Labute approximate surface area is 125 Å². The van der Waals surface area contributed by atoms with Gasteiger partial charge in [0.25, 0.3) is 0 Å². The van der Waals surface area contributed by atoms with Gasteiger partial charge in [-0.2, -0.15) is 0 Å². The molecular weight excluding hydrogens is 270 g/mol. The second-order valence-electron chi connectivity index (χ2n) is 5.67. The number of benzene rings is 2. The fourth-order valence-corrected chi connectivity index (χ4v) is 3.58. The average molecular weight is 290 g/mol. The van der Waals surface area contributed by atoms with Crippen LogP contribution in [0.2, 0.25) is 5.02 Å². The maximum absolute atomic E-state index is 6.32. The number of ether oxygens (including phenoxy) is 1. The Balaban J connectivity index is 2.15. The lowest BCUT2D eigenvalue weighted by Gasteiger charge is -2.34. The summed E-state index contributed by atoms with van der Waals surface area (Å²) in [5.74, 6) is 0. The Morgan fingerprint density at radius 1 is 1.20 bits per heavy atom. The van der Waals surface area contributed by atoms with Gasteiger partial charge >= 0.3 is 0 Å². The summed E-state index contributed by atoms with van der Waals surface area (Å²) in [4.78, 5) is 0. The average Bonchev–Trinajstić information content (AvgIpc) is 2.90. The molecule has 1 fully saturated rings. The molecule has 1 aliphatic rings. The summed E-state index contributed by atoms with van der Waals surface area (Å²) in [6.45, 7) is 3.05. The van der Waals surface area contributed by atoms with Crippen molar-refractivity contribution in [2.45, 2.75) is 31.4 Å². The molecule has 3 heteroatoms. The lowest BCUT2D eigenvalue weighted by Crippen LogP contribution is -2.39. The van der Waals surface area contributed by atoms with Crippen LogP contribution >= 0.6 is 11.6 Å². The van der Waals surface area contributed by atoms with Crippen LogP contribution in [0.1, 0.15) is 31.4 Å². The van der Waals surface area contributed by atoms with Crippen LogP contribution in [-0.2, 0) is 4.74 Å². The Bertz CT molecular complexity index is 619. The minimum atomic E-state index is -0.147. The van der Waals surface area contributed by atoms with Gasteiger partial charge in [-0.1, -0.05) is 41.9 Å². The third-order valence-corrected chi connectivity index (χ3v) is 4.69. The van der Waals surface area contributed by atoms with Crippen molar-refractivity contribution < 1.29 is 4.74 Å². The molecule has 2 atom stereocenters. The van der Waals surface area contributed by atoms with E-state index in [-0.39, 0.29) is 11.6 Å². The minimum Gasteiger partial charge on any atom is -0.373 e. The predicted octanol–water partition coefficient (Wildman–Crippen LogP) is 4.32. The number of fused-ring (bicyclic) bond motifs is 1. The van der Waals surface area contributed by atoms with Crippen LogP contribution in [0.25, 0.3) is 10.8 Å². The summed E-state index contributed by atoms with van der Waals surface area (Å²) >= 11 is 6.32. The second-order valence-corrected chi connectivity index (χ2v) is 6.08. The Morgan fingerprint density at radius 3 is 2.60 bits per heavy atom. The Hall–Kier alpha value is -1.09. The highest BCUT2D eigenvalue weighted by Gasteiger charge is 2.39. The van der Waals surface area contributed by atoms with Gasteiger partial charge in [-0.3, -0.25) is 0 Å². The SMILES string of the molecule is CNC(c1ccc(Cl)c2ccccc12)C1(C)CCCO1. The number of halogens is 1. The normalized spacial score (nSPS) is 24.1. The topological polar surface area (TPSA) is 21.3 Å². The smallest absolute Gasteiger partial charge is 0.0849 e. The van der Waals surface area contributed by atoms with Gasteiger partial charge in [-0.15, -0.1) is 0 Å². The molecule has 3 rings (SSSR count). The summed E-state index contributed by atoms with van der Waals surface area (Å²) in [7, 11) is 2.00. The highest BCUT2D eigenvalue weighted by atomic mass is 35.5. The molecule has 2 aromatic rings. The summed E-state index contributed by atoms with van der Waals surface area (Å²) in [6, 6.07) is 12.6. The fraction of sp³-hybridized carbons (Fsp3) is 0.412. The predicted molar refractivity (Wildman–Crippen MR) is 84.3 cm³/mol. The van der Waals surface area contributed by atoms with Crippen LogP contribution in [0.3, 0.4) is 0 Å². The van der Waals surface area contributed by atoms with Crippen molar-refractivity contribution in [3.8, 4) is 0 Å². The van der Waals surface area contributed by atoms with Gasteiger partial charge in [0.1, 0.15) is 0 Å². The van der Waals surface area contributed by atoms with E-state index in [1.54, 1.807) is 0 Å². The molecule has 20 heavy (non-hydrogen) atoms. The third-order valence-electron chi connectivity index (χ3n) is 4.36. The monoisotopic (exact) mass is 289 g/mol. The van der Waals surface area contributed by atoms with Crippen molar-refractivity contribution in [1.29, 1.82) is 0 Å². The Kier molecular flexibility index (Phi) is 3.72. The summed E-state index contributed by atoms with van der Waals surface area (Å²) in [5, 5.41) is 6.56. The van der Waals surface area contributed by atoms with Crippen molar-refractivity contribution in [2.75, 3.05) is 13.7 Å². The van der Waals surface area contributed by atoms with Gasteiger partial charge in [0, 0.05) is 17.0 Å². The lowest BCUT2D eigenvalue weighted by molar-refractivity contribution is -0.0101. The number of nitrogens with one attached hydrogen (secondary N) is 1. The molecule has 2 nitrogen and oxygen atoms in total. The van der Waals surface area contributed by atoms with Crippen molar-refractivity contribution in [1.82, 2.24) is 5.32 Å². The number of rotatable bonds is 3. The van der Waals surface area contributed by atoms with Crippen LogP contribution in [0.15, 0.2) is 36.4 Å². The molecule has 1 saturated heterocycles. The highest BCUT2D eigenvalue weighted by Crippen LogP contribution is 2.40. The Morgan fingerprint density at radius 2 is 1.95 bits per heavy atom. The molecule has 1 aliphatic heterocycles. The van der Waals surface area contributed by atoms with E-state index < -0.39 is 0 Å². The first-order valence-electron chi connectivity index (χ1n) is 7.14. The van der Waals surface area contributed by atoms with Crippen molar-refractivity contribution >= 4 is 22.4 Å². The zero-order valence-corrected chi connectivity index (χ0v) is 12.7. The molecule has 2 aromatic carbocycles. The molecule has 1 heterocycles. The van der Waals surface area contributed by atoms with Crippen LogP contribution in [0, 0.1) is 0 Å². The van der Waals surface area contributed by atoms with E-state index in [1.807, 2.05) is 19.2 Å². The molecule has 0 aromatic heterocycles. The highest BCUT2D eigenvalue weighted by molar-refractivity contribution is 6.35. The first kappa shape index (κ1) is 13.9. The van der Waals surface area contributed by atoms with Crippen LogP contribution < -0.4 is 5.32 Å². The van der Waals surface area contributed by atoms with E-state index in [4.69, 9.17) is 16.3 Å². The maximum Gasteiger partial charge on any atom is 0.0849 e. The first-order chi connectivity index (χ1) is 9.65. The van der Waals surface area contributed by atoms with Gasteiger partial charge in [-0.05, 0) is 43.8 Å². The van der Waals surface area contributed by atoms with Crippen LogP contribution in [-0.4, -0.2) is 19.3 Å². The zero-order valence-electron chi connectivity index (χ0n) is 11.9. The molecule has 0 amide bonds. The largest absolute Gasteiger partial charge is 0.373 e. The number of likely N-dealkylation sites (N-methyl/N-ethyl adjacent to an activating group) is 1. The molecular formula is C17H20ClNO. The standard InChI is InChI=1S/C17H20ClNO/c1-17(10-5-11-20-17)16(19-2)14-8-9-15(18)13-7-4-3-6-12(13)14/h3-4,6-9,16,19H,5,10-11H2,1-2H3. The fourth-order valence-electron chi connectivity index (χ4n) is 3.36. The van der Waals surface area contributed by atoms with Crippen LogP contribution in [0.4, 0.5) is 0 Å². The van der Waals surface area contributed by atoms with Crippen molar-refractivity contribution in [3.05, 3.63) is 47.0 Å². The molecule has 106 valence electrons. The van der Waals surface area contributed by atoms with E-state index in [0.29, 0.717) is 0 Å². The zero-order chi connectivity index (χ0) is 14.2. The molecule has 0 saturated carbocycles. The van der Waals surface area contributed by atoms with Gasteiger partial charge in [-0.25, -0.2) is 0 Å².